The topological polar surface area (TPSA) is 87.2 Å². The van der Waals surface area contributed by atoms with Gasteiger partial charge in [0.05, 0.1) is 18.9 Å². The van der Waals surface area contributed by atoms with Crippen LogP contribution in [0.2, 0.25) is 0 Å². The Morgan fingerprint density at radius 3 is 2.56 bits per heavy atom. The van der Waals surface area contributed by atoms with Crippen molar-refractivity contribution in [1.82, 2.24) is 9.80 Å². The highest BCUT2D eigenvalue weighted by Crippen LogP contribution is 2.25. The first-order chi connectivity index (χ1) is 13.1. The van der Waals surface area contributed by atoms with Crippen molar-refractivity contribution in [1.29, 1.82) is 0 Å². The number of amides is 2. The van der Waals surface area contributed by atoms with Crippen molar-refractivity contribution in [2.24, 2.45) is 5.92 Å². The number of carboxylic acid groups (broad SMARTS) is 1. The second kappa shape index (κ2) is 8.88. The second-order valence-electron chi connectivity index (χ2n) is 7.12. The van der Waals surface area contributed by atoms with Crippen LogP contribution in [0.4, 0.5) is 0 Å². The Hall–Kier alpha value is -2.57. The van der Waals surface area contributed by atoms with Crippen molar-refractivity contribution in [2.45, 2.75) is 38.1 Å². The maximum absolute atomic E-state index is 12.8. The first-order valence-electron chi connectivity index (χ1n) is 9.55. The van der Waals surface area contributed by atoms with Gasteiger partial charge in [-0.2, -0.15) is 0 Å². The summed E-state index contributed by atoms with van der Waals surface area (Å²) in [5.41, 5.74) is 0. The van der Waals surface area contributed by atoms with Crippen LogP contribution in [0.5, 0.6) is 5.75 Å². The third kappa shape index (κ3) is 4.78. The molecule has 0 saturated carbocycles. The number of carbonyl (C=O) groups is 3. The summed E-state index contributed by atoms with van der Waals surface area (Å²) in [6.45, 7) is 1.79. The van der Waals surface area contributed by atoms with E-state index in [9.17, 15) is 19.5 Å². The molecule has 2 saturated heterocycles. The number of para-hydroxylation sites is 1. The number of carbonyl (C=O) groups excluding carboxylic acids is 2. The Bertz CT molecular complexity index is 678. The lowest BCUT2D eigenvalue weighted by Gasteiger charge is -2.35. The lowest BCUT2D eigenvalue weighted by molar-refractivity contribution is -0.151. The van der Waals surface area contributed by atoms with Gasteiger partial charge >= 0.3 is 5.97 Å². The molecule has 2 aliphatic rings. The van der Waals surface area contributed by atoms with Crippen LogP contribution in [0.15, 0.2) is 30.3 Å². The van der Waals surface area contributed by atoms with Crippen LogP contribution in [0.3, 0.4) is 0 Å². The molecule has 1 aromatic rings. The number of likely N-dealkylation sites (tertiary alicyclic amines) is 2. The van der Waals surface area contributed by atoms with Gasteiger partial charge in [0.15, 0.2) is 0 Å². The van der Waals surface area contributed by atoms with E-state index in [4.69, 9.17) is 4.74 Å². The van der Waals surface area contributed by atoms with E-state index in [2.05, 4.69) is 0 Å². The van der Waals surface area contributed by atoms with Crippen LogP contribution in [-0.4, -0.2) is 65.0 Å². The van der Waals surface area contributed by atoms with E-state index in [1.165, 1.54) is 4.90 Å². The second-order valence-corrected chi connectivity index (χ2v) is 7.12. The summed E-state index contributed by atoms with van der Waals surface area (Å²) in [5.74, 6) is -0.677. The van der Waals surface area contributed by atoms with Crippen LogP contribution >= 0.6 is 0 Å². The third-order valence-corrected chi connectivity index (χ3v) is 5.27. The minimum absolute atomic E-state index is 0.0281. The van der Waals surface area contributed by atoms with Crippen LogP contribution in [0, 0.1) is 5.92 Å². The molecule has 1 aromatic carbocycles. The summed E-state index contributed by atoms with van der Waals surface area (Å²) in [5, 5.41) is 9.29. The van der Waals surface area contributed by atoms with Gasteiger partial charge in [0.25, 0.3) is 0 Å². The predicted octanol–water partition coefficient (Wildman–Crippen LogP) is 1.77. The molecule has 1 N–H and O–H groups in total. The molecule has 2 amide bonds. The van der Waals surface area contributed by atoms with Crippen molar-refractivity contribution in [3.63, 3.8) is 0 Å². The highest BCUT2D eigenvalue weighted by molar-refractivity contribution is 5.86. The Morgan fingerprint density at radius 2 is 1.81 bits per heavy atom. The van der Waals surface area contributed by atoms with Crippen LogP contribution in [-0.2, 0) is 14.4 Å². The maximum Gasteiger partial charge on any atom is 0.326 e. The van der Waals surface area contributed by atoms with Crippen LogP contribution < -0.4 is 4.74 Å². The monoisotopic (exact) mass is 374 g/mol. The molecule has 3 rings (SSSR count). The highest BCUT2D eigenvalue weighted by Gasteiger charge is 2.38. The Balaban J connectivity index is 1.50. The largest absolute Gasteiger partial charge is 0.493 e. The number of hydrogen-bond donors (Lipinski definition) is 1. The van der Waals surface area contributed by atoms with Gasteiger partial charge < -0.3 is 19.6 Å². The number of aliphatic carboxylic acids is 1. The summed E-state index contributed by atoms with van der Waals surface area (Å²) in [6, 6.07) is 8.62. The Morgan fingerprint density at radius 1 is 1.07 bits per heavy atom. The molecule has 2 fully saturated rings. The SMILES string of the molecule is O=C(O)C1CCCN1C(=O)C1CCCN(C(=O)CCOc2ccccc2)C1. The normalized spacial score (nSPS) is 22.5. The number of nitrogens with zero attached hydrogens (tertiary/aromatic N) is 2. The Kier molecular flexibility index (Phi) is 6.32. The molecule has 27 heavy (non-hydrogen) atoms. The molecule has 0 radical (unpaired) electrons. The number of piperidine rings is 1. The molecular formula is C20H26N2O5. The molecule has 2 heterocycles. The number of rotatable bonds is 6. The van der Waals surface area contributed by atoms with Gasteiger partial charge in [0, 0.05) is 19.6 Å². The van der Waals surface area contributed by atoms with Crippen LogP contribution in [0.1, 0.15) is 32.1 Å². The fourth-order valence-corrected chi connectivity index (χ4v) is 3.86. The van der Waals surface area contributed by atoms with Crippen molar-refractivity contribution >= 4 is 17.8 Å². The predicted molar refractivity (Wildman–Crippen MR) is 98.2 cm³/mol. The molecule has 7 nitrogen and oxygen atoms in total. The smallest absolute Gasteiger partial charge is 0.326 e. The first kappa shape index (κ1) is 19.2. The fraction of sp³-hybridized carbons (Fsp3) is 0.550. The number of carboxylic acids is 1. The average molecular weight is 374 g/mol. The van der Waals surface area contributed by atoms with E-state index >= 15 is 0 Å². The zero-order valence-electron chi connectivity index (χ0n) is 15.4. The summed E-state index contributed by atoms with van der Waals surface area (Å²) in [4.78, 5) is 39.8. The van der Waals surface area contributed by atoms with E-state index in [1.807, 2.05) is 30.3 Å². The van der Waals surface area contributed by atoms with E-state index in [-0.39, 0.29) is 24.2 Å². The van der Waals surface area contributed by atoms with Gasteiger partial charge in [-0.15, -0.1) is 0 Å². The van der Waals surface area contributed by atoms with Gasteiger partial charge in [-0.25, -0.2) is 4.79 Å². The van der Waals surface area contributed by atoms with E-state index in [1.54, 1.807) is 4.90 Å². The lowest BCUT2D eigenvalue weighted by Crippen LogP contribution is -2.49. The third-order valence-electron chi connectivity index (χ3n) is 5.27. The van der Waals surface area contributed by atoms with Gasteiger partial charge in [-0.05, 0) is 37.8 Å². The molecule has 7 heteroatoms. The quantitative estimate of drug-likeness (QED) is 0.820. The maximum atomic E-state index is 12.8. The molecule has 2 unspecified atom stereocenters. The van der Waals surface area contributed by atoms with Crippen molar-refractivity contribution in [3.8, 4) is 5.75 Å². The minimum Gasteiger partial charge on any atom is -0.493 e. The molecule has 0 spiro atoms. The van der Waals surface area contributed by atoms with Gasteiger partial charge in [-0.3, -0.25) is 9.59 Å². The molecule has 0 aromatic heterocycles. The number of ether oxygens (including phenoxy) is 1. The molecule has 146 valence electrons. The Labute approximate surface area is 158 Å². The zero-order valence-corrected chi connectivity index (χ0v) is 15.4. The number of benzene rings is 1. The molecular weight excluding hydrogens is 348 g/mol. The van der Waals surface area contributed by atoms with Gasteiger partial charge in [0.1, 0.15) is 11.8 Å². The van der Waals surface area contributed by atoms with Gasteiger partial charge in [0.2, 0.25) is 11.8 Å². The van der Waals surface area contributed by atoms with Crippen molar-refractivity contribution in [2.75, 3.05) is 26.2 Å². The summed E-state index contributed by atoms with van der Waals surface area (Å²) < 4.78 is 5.58. The van der Waals surface area contributed by atoms with E-state index < -0.39 is 12.0 Å². The summed E-state index contributed by atoms with van der Waals surface area (Å²) >= 11 is 0. The summed E-state index contributed by atoms with van der Waals surface area (Å²) in [6.07, 6.45) is 2.94. The highest BCUT2D eigenvalue weighted by atomic mass is 16.5. The zero-order chi connectivity index (χ0) is 19.2. The van der Waals surface area contributed by atoms with E-state index in [0.717, 1.165) is 18.6 Å². The van der Waals surface area contributed by atoms with Crippen molar-refractivity contribution < 1.29 is 24.2 Å². The molecule has 2 aliphatic heterocycles. The molecule has 0 bridgehead atoms. The van der Waals surface area contributed by atoms with E-state index in [0.29, 0.717) is 39.1 Å². The fourth-order valence-electron chi connectivity index (χ4n) is 3.86. The summed E-state index contributed by atoms with van der Waals surface area (Å²) in [7, 11) is 0. The average Bonchev–Trinajstić information content (AvgIpc) is 3.18. The van der Waals surface area contributed by atoms with Crippen LogP contribution in [0.25, 0.3) is 0 Å². The standard InChI is InChI=1S/C20H26N2O5/c23-18(10-13-27-16-7-2-1-3-8-16)21-11-4-6-15(14-21)19(24)22-12-5-9-17(22)20(25)26/h1-3,7-8,15,17H,4-6,9-14H2,(H,25,26). The molecule has 0 aliphatic carbocycles. The van der Waals surface area contributed by atoms with Crippen molar-refractivity contribution in [3.05, 3.63) is 30.3 Å². The minimum atomic E-state index is -0.942. The van der Waals surface area contributed by atoms with Gasteiger partial charge in [-0.1, -0.05) is 18.2 Å². The first-order valence-corrected chi connectivity index (χ1v) is 9.55. The number of hydrogen-bond acceptors (Lipinski definition) is 4. The molecule has 2 atom stereocenters. The lowest BCUT2D eigenvalue weighted by atomic mass is 9.96.